The highest BCUT2D eigenvalue weighted by Gasteiger charge is 2.33. The summed E-state index contributed by atoms with van der Waals surface area (Å²) in [5.41, 5.74) is 3.13. The Balaban J connectivity index is 4.47. The second kappa shape index (κ2) is 6.46. The number of hydrogen-bond donors (Lipinski definition) is 2. The first kappa shape index (κ1) is 14.9. The van der Waals surface area contributed by atoms with Gasteiger partial charge in [-0.15, -0.1) is 0 Å². The zero-order valence-electron chi connectivity index (χ0n) is 11.3. The van der Waals surface area contributed by atoms with Gasteiger partial charge in [0.2, 0.25) is 0 Å². The Morgan fingerprint density at radius 1 is 1.27 bits per heavy atom. The summed E-state index contributed by atoms with van der Waals surface area (Å²) in [6.07, 6.45) is 3.46. The van der Waals surface area contributed by atoms with Crippen LogP contribution in [0.4, 0.5) is 0 Å². The lowest BCUT2D eigenvalue weighted by Gasteiger charge is -2.42. The molecule has 3 heteroatoms. The molecule has 15 heavy (non-hydrogen) atoms. The molecule has 0 spiro atoms. The smallest absolute Gasteiger partial charge is 0.0391 e. The van der Waals surface area contributed by atoms with Crippen molar-refractivity contribution in [3.63, 3.8) is 0 Å². The Morgan fingerprint density at radius 3 is 2.07 bits per heavy atom. The number of nitrogens with one attached hydrogen (secondary N) is 1. The molecule has 0 radical (unpaired) electrons. The summed E-state index contributed by atoms with van der Waals surface area (Å²) in [5.74, 6) is 6.42. The number of likely N-dealkylation sites (N-methyl/N-ethyl adjacent to an activating group) is 1. The minimum Gasteiger partial charge on any atom is -0.302 e. The molecule has 2 unspecified atom stereocenters. The van der Waals surface area contributed by atoms with Crippen LogP contribution in [0.15, 0.2) is 0 Å². The van der Waals surface area contributed by atoms with Crippen LogP contribution < -0.4 is 11.3 Å². The maximum atomic E-state index is 5.68. The standard InChI is InChI=1S/C12H29N3/c1-7-12(4,15(5)6)11(14-13)9-8-10(2)3/h10-11,14H,7-9,13H2,1-6H3. The van der Waals surface area contributed by atoms with Gasteiger partial charge in [0.05, 0.1) is 0 Å². The fraction of sp³-hybridized carbons (Fsp3) is 1.00. The predicted molar refractivity (Wildman–Crippen MR) is 67.6 cm³/mol. The van der Waals surface area contributed by atoms with Crippen molar-refractivity contribution in [1.82, 2.24) is 10.3 Å². The van der Waals surface area contributed by atoms with Gasteiger partial charge in [-0.3, -0.25) is 11.3 Å². The second-order valence-corrected chi connectivity index (χ2v) is 5.30. The fourth-order valence-electron chi connectivity index (χ4n) is 1.95. The van der Waals surface area contributed by atoms with E-state index in [1.54, 1.807) is 0 Å². The summed E-state index contributed by atoms with van der Waals surface area (Å²) < 4.78 is 0. The zero-order valence-corrected chi connectivity index (χ0v) is 11.3. The molecule has 0 heterocycles. The van der Waals surface area contributed by atoms with E-state index >= 15 is 0 Å². The lowest BCUT2D eigenvalue weighted by atomic mass is 9.84. The van der Waals surface area contributed by atoms with Crippen LogP contribution in [-0.2, 0) is 0 Å². The highest BCUT2D eigenvalue weighted by atomic mass is 15.3. The topological polar surface area (TPSA) is 41.3 Å². The van der Waals surface area contributed by atoms with Gasteiger partial charge in [0.25, 0.3) is 0 Å². The van der Waals surface area contributed by atoms with E-state index < -0.39 is 0 Å². The normalized spacial score (nSPS) is 18.2. The van der Waals surface area contributed by atoms with E-state index in [1.165, 1.54) is 6.42 Å². The lowest BCUT2D eigenvalue weighted by Crippen LogP contribution is -2.58. The molecule has 0 saturated carbocycles. The monoisotopic (exact) mass is 215 g/mol. The Labute approximate surface area is 95.4 Å². The van der Waals surface area contributed by atoms with Gasteiger partial charge in [0.15, 0.2) is 0 Å². The molecule has 0 aromatic heterocycles. The first-order valence-corrected chi connectivity index (χ1v) is 6.02. The summed E-state index contributed by atoms with van der Waals surface area (Å²) in [6, 6.07) is 0.361. The van der Waals surface area contributed by atoms with Crippen molar-refractivity contribution < 1.29 is 0 Å². The van der Waals surface area contributed by atoms with Crippen molar-refractivity contribution in [3.05, 3.63) is 0 Å². The number of nitrogens with zero attached hydrogens (tertiary/aromatic N) is 1. The Kier molecular flexibility index (Phi) is 6.41. The van der Waals surface area contributed by atoms with E-state index in [9.17, 15) is 0 Å². The van der Waals surface area contributed by atoms with Gasteiger partial charge < -0.3 is 4.90 Å². The molecule has 0 aliphatic heterocycles. The molecule has 0 rings (SSSR count). The fourth-order valence-corrected chi connectivity index (χ4v) is 1.95. The lowest BCUT2D eigenvalue weighted by molar-refractivity contribution is 0.105. The number of hydrogen-bond acceptors (Lipinski definition) is 3. The highest BCUT2D eigenvalue weighted by Crippen LogP contribution is 2.24. The molecule has 0 saturated heterocycles. The average Bonchev–Trinajstić information content (AvgIpc) is 2.17. The van der Waals surface area contributed by atoms with E-state index in [1.807, 2.05) is 0 Å². The van der Waals surface area contributed by atoms with Crippen LogP contribution in [0.3, 0.4) is 0 Å². The summed E-state index contributed by atoms with van der Waals surface area (Å²) in [4.78, 5) is 2.28. The SMILES string of the molecule is CCC(C)(C(CCC(C)C)NN)N(C)C. The first-order valence-electron chi connectivity index (χ1n) is 6.02. The van der Waals surface area contributed by atoms with E-state index in [0.29, 0.717) is 6.04 Å². The van der Waals surface area contributed by atoms with Crippen LogP contribution in [0.2, 0.25) is 0 Å². The van der Waals surface area contributed by atoms with E-state index in [2.05, 4.69) is 52.1 Å². The molecule has 0 aliphatic carbocycles. The van der Waals surface area contributed by atoms with Gasteiger partial charge in [0, 0.05) is 11.6 Å². The van der Waals surface area contributed by atoms with Crippen LogP contribution in [0.5, 0.6) is 0 Å². The van der Waals surface area contributed by atoms with Crippen molar-refractivity contribution in [3.8, 4) is 0 Å². The molecular weight excluding hydrogens is 186 g/mol. The Morgan fingerprint density at radius 2 is 1.80 bits per heavy atom. The van der Waals surface area contributed by atoms with E-state index in [4.69, 9.17) is 5.84 Å². The third-order valence-electron chi connectivity index (χ3n) is 3.72. The van der Waals surface area contributed by atoms with E-state index in [0.717, 1.165) is 18.8 Å². The molecular formula is C12H29N3. The van der Waals surface area contributed by atoms with Crippen molar-refractivity contribution in [1.29, 1.82) is 0 Å². The summed E-state index contributed by atoms with van der Waals surface area (Å²) in [7, 11) is 4.26. The van der Waals surface area contributed by atoms with Crippen molar-refractivity contribution >= 4 is 0 Å². The van der Waals surface area contributed by atoms with Gasteiger partial charge >= 0.3 is 0 Å². The van der Waals surface area contributed by atoms with E-state index in [-0.39, 0.29) is 5.54 Å². The molecule has 92 valence electrons. The predicted octanol–water partition coefficient (Wildman–Crippen LogP) is 1.98. The van der Waals surface area contributed by atoms with Gasteiger partial charge in [-0.1, -0.05) is 20.8 Å². The van der Waals surface area contributed by atoms with Gasteiger partial charge in [-0.25, -0.2) is 0 Å². The summed E-state index contributed by atoms with van der Waals surface area (Å²) in [6.45, 7) is 9.01. The number of rotatable bonds is 7. The first-order chi connectivity index (χ1) is 6.88. The largest absolute Gasteiger partial charge is 0.302 e. The molecule has 0 aromatic rings. The molecule has 0 fully saturated rings. The average molecular weight is 215 g/mol. The van der Waals surface area contributed by atoms with Gasteiger partial charge in [-0.05, 0) is 46.2 Å². The second-order valence-electron chi connectivity index (χ2n) is 5.30. The van der Waals surface area contributed by atoms with Gasteiger partial charge in [0.1, 0.15) is 0 Å². The maximum Gasteiger partial charge on any atom is 0.0391 e. The van der Waals surface area contributed by atoms with Crippen molar-refractivity contribution in [2.45, 2.75) is 58.5 Å². The quantitative estimate of drug-likeness (QED) is 0.504. The molecule has 2 atom stereocenters. The minimum atomic E-state index is 0.143. The third-order valence-corrected chi connectivity index (χ3v) is 3.72. The van der Waals surface area contributed by atoms with Crippen LogP contribution in [-0.4, -0.2) is 30.6 Å². The van der Waals surface area contributed by atoms with Crippen LogP contribution >= 0.6 is 0 Å². The molecule has 3 N–H and O–H groups in total. The molecule has 0 amide bonds. The zero-order chi connectivity index (χ0) is 12.1. The molecule has 0 bridgehead atoms. The molecule has 3 nitrogen and oxygen atoms in total. The number of nitrogens with two attached hydrogens (primary N) is 1. The van der Waals surface area contributed by atoms with Crippen LogP contribution in [0, 0.1) is 5.92 Å². The van der Waals surface area contributed by atoms with Crippen LogP contribution in [0.25, 0.3) is 0 Å². The highest BCUT2D eigenvalue weighted by molar-refractivity contribution is 4.93. The molecule has 0 aromatic carbocycles. The summed E-state index contributed by atoms with van der Waals surface area (Å²) >= 11 is 0. The summed E-state index contributed by atoms with van der Waals surface area (Å²) in [5, 5.41) is 0. The number of hydrazine groups is 1. The Hall–Kier alpha value is -0.120. The van der Waals surface area contributed by atoms with Crippen LogP contribution in [0.1, 0.15) is 47.0 Å². The minimum absolute atomic E-state index is 0.143. The molecule has 0 aliphatic rings. The van der Waals surface area contributed by atoms with Gasteiger partial charge in [-0.2, -0.15) is 0 Å². The Bertz CT molecular complexity index is 168. The third kappa shape index (κ3) is 4.09. The maximum absolute atomic E-state index is 5.68. The van der Waals surface area contributed by atoms with Crippen molar-refractivity contribution in [2.24, 2.45) is 11.8 Å². The van der Waals surface area contributed by atoms with Crippen molar-refractivity contribution in [2.75, 3.05) is 14.1 Å².